The maximum atomic E-state index is 12.1. The summed E-state index contributed by atoms with van der Waals surface area (Å²) in [6, 6.07) is 2.97. The summed E-state index contributed by atoms with van der Waals surface area (Å²) in [5.74, 6) is 0.135. The fourth-order valence-corrected chi connectivity index (χ4v) is 1.80. The van der Waals surface area contributed by atoms with Crippen molar-refractivity contribution in [2.75, 3.05) is 0 Å². The fraction of sp³-hybridized carbons (Fsp3) is 0.625. The van der Waals surface area contributed by atoms with Crippen molar-refractivity contribution in [2.24, 2.45) is 5.92 Å². The minimum absolute atomic E-state index is 0.0348. The first-order valence-electron chi connectivity index (χ1n) is 7.23. The molecule has 1 aromatic rings. The lowest BCUT2D eigenvalue weighted by atomic mass is 10.0. The Balaban J connectivity index is 2.53. The van der Waals surface area contributed by atoms with Crippen molar-refractivity contribution < 1.29 is 18.7 Å². The zero-order valence-corrected chi connectivity index (χ0v) is 13.4. The van der Waals surface area contributed by atoms with Crippen LogP contribution >= 0.6 is 0 Å². The van der Waals surface area contributed by atoms with Crippen LogP contribution in [-0.4, -0.2) is 23.5 Å². The lowest BCUT2D eigenvalue weighted by molar-refractivity contribution is -0.160. The molecule has 5 nitrogen and oxygen atoms in total. The average Bonchev–Trinajstić information content (AvgIpc) is 2.83. The number of furan rings is 1. The summed E-state index contributed by atoms with van der Waals surface area (Å²) < 4.78 is 10.5. The van der Waals surface area contributed by atoms with E-state index in [1.165, 1.54) is 0 Å². The zero-order valence-electron chi connectivity index (χ0n) is 13.4. The lowest BCUT2D eigenvalue weighted by Gasteiger charge is -2.26. The second kappa shape index (κ2) is 7.29. The minimum Gasteiger partial charge on any atom is -0.469 e. The van der Waals surface area contributed by atoms with E-state index in [9.17, 15) is 9.59 Å². The predicted molar refractivity (Wildman–Crippen MR) is 79.6 cm³/mol. The van der Waals surface area contributed by atoms with Crippen LogP contribution in [0.5, 0.6) is 0 Å². The number of esters is 1. The molecule has 1 aromatic heterocycles. The monoisotopic (exact) mass is 295 g/mol. The molecule has 0 aromatic carbocycles. The van der Waals surface area contributed by atoms with Crippen molar-refractivity contribution >= 4 is 11.9 Å². The number of amides is 1. The van der Waals surface area contributed by atoms with Crippen LogP contribution in [-0.2, 0) is 20.7 Å². The third-order valence-electron chi connectivity index (χ3n) is 2.82. The summed E-state index contributed by atoms with van der Waals surface area (Å²) in [6.07, 6.45) is 2.36. The Bertz CT molecular complexity index is 457. The van der Waals surface area contributed by atoms with Crippen LogP contribution in [0.4, 0.5) is 0 Å². The van der Waals surface area contributed by atoms with E-state index >= 15 is 0 Å². The summed E-state index contributed by atoms with van der Waals surface area (Å²) in [6.45, 7) is 9.17. The maximum absolute atomic E-state index is 12.1. The van der Waals surface area contributed by atoms with Gasteiger partial charge in [-0.2, -0.15) is 0 Å². The largest absolute Gasteiger partial charge is 0.469 e. The first kappa shape index (κ1) is 17.3. The van der Waals surface area contributed by atoms with Crippen LogP contribution < -0.4 is 5.32 Å². The molecule has 5 heteroatoms. The second-order valence-corrected chi connectivity index (χ2v) is 6.40. The molecule has 0 aliphatic carbocycles. The first-order chi connectivity index (χ1) is 9.69. The maximum Gasteiger partial charge on any atom is 0.329 e. The Morgan fingerprint density at radius 2 is 2.00 bits per heavy atom. The quantitative estimate of drug-likeness (QED) is 0.819. The number of ether oxygens (including phenoxy) is 1. The fourth-order valence-electron chi connectivity index (χ4n) is 1.80. The third-order valence-corrected chi connectivity index (χ3v) is 2.82. The molecule has 0 radical (unpaired) electrons. The highest BCUT2D eigenvalue weighted by Gasteiger charge is 2.28. The number of hydrogen-bond acceptors (Lipinski definition) is 4. The molecular weight excluding hydrogens is 270 g/mol. The Morgan fingerprint density at radius 1 is 1.33 bits per heavy atom. The normalized spacial score (nSPS) is 13.0. The van der Waals surface area contributed by atoms with Crippen molar-refractivity contribution in [1.82, 2.24) is 5.32 Å². The van der Waals surface area contributed by atoms with Crippen molar-refractivity contribution in [3.05, 3.63) is 24.2 Å². The Morgan fingerprint density at radius 3 is 2.48 bits per heavy atom. The Hall–Kier alpha value is -1.78. The van der Waals surface area contributed by atoms with Crippen LogP contribution in [0.25, 0.3) is 0 Å². The van der Waals surface area contributed by atoms with Gasteiger partial charge in [0.1, 0.15) is 17.4 Å². The van der Waals surface area contributed by atoms with E-state index in [-0.39, 0.29) is 18.2 Å². The molecule has 1 heterocycles. The molecule has 21 heavy (non-hydrogen) atoms. The van der Waals surface area contributed by atoms with Crippen LogP contribution in [0.15, 0.2) is 22.8 Å². The SMILES string of the molecule is CC(C)[C@@H](NC(=O)CCc1ccco1)C(=O)OC(C)(C)C. The zero-order chi connectivity index (χ0) is 16.0. The van der Waals surface area contributed by atoms with Gasteiger partial charge in [0.15, 0.2) is 0 Å². The second-order valence-electron chi connectivity index (χ2n) is 6.40. The van der Waals surface area contributed by atoms with Gasteiger partial charge >= 0.3 is 5.97 Å². The molecule has 1 amide bonds. The number of hydrogen-bond donors (Lipinski definition) is 1. The van der Waals surface area contributed by atoms with E-state index in [4.69, 9.17) is 9.15 Å². The van der Waals surface area contributed by atoms with Gasteiger partial charge < -0.3 is 14.5 Å². The molecule has 1 N–H and O–H groups in total. The van der Waals surface area contributed by atoms with Gasteiger partial charge in [0.2, 0.25) is 5.91 Å². The van der Waals surface area contributed by atoms with E-state index in [2.05, 4.69) is 5.32 Å². The highest BCUT2D eigenvalue weighted by atomic mass is 16.6. The molecule has 0 saturated heterocycles. The number of nitrogens with one attached hydrogen (secondary N) is 1. The van der Waals surface area contributed by atoms with Gasteiger partial charge in [-0.15, -0.1) is 0 Å². The number of rotatable bonds is 6. The Labute approximate surface area is 126 Å². The summed E-state index contributed by atoms with van der Waals surface area (Å²) in [4.78, 5) is 24.1. The van der Waals surface area contributed by atoms with Gasteiger partial charge in [0.25, 0.3) is 0 Å². The molecule has 0 spiro atoms. The number of aryl methyl sites for hydroxylation is 1. The van der Waals surface area contributed by atoms with Crippen molar-refractivity contribution in [2.45, 2.75) is 59.1 Å². The standard InChI is InChI=1S/C16H25NO4/c1-11(2)14(15(19)21-16(3,4)5)17-13(18)9-8-12-7-6-10-20-12/h6-7,10-11,14H,8-9H2,1-5H3,(H,17,18)/t14-/m1/s1. The van der Waals surface area contributed by atoms with Crippen LogP contribution in [0, 0.1) is 5.92 Å². The predicted octanol–water partition coefficient (Wildman–Crippen LogP) is 2.69. The minimum atomic E-state index is -0.631. The average molecular weight is 295 g/mol. The lowest BCUT2D eigenvalue weighted by Crippen LogP contribution is -2.47. The van der Waals surface area contributed by atoms with Crippen LogP contribution in [0.2, 0.25) is 0 Å². The van der Waals surface area contributed by atoms with Gasteiger partial charge in [-0.1, -0.05) is 13.8 Å². The highest BCUT2D eigenvalue weighted by molar-refractivity contribution is 5.84. The molecular formula is C16H25NO4. The van der Waals surface area contributed by atoms with Crippen LogP contribution in [0.3, 0.4) is 0 Å². The third kappa shape index (κ3) is 6.47. The number of carbonyl (C=O) groups excluding carboxylic acids is 2. The summed E-state index contributed by atoms with van der Waals surface area (Å²) in [5.41, 5.74) is -0.566. The highest BCUT2D eigenvalue weighted by Crippen LogP contribution is 2.13. The first-order valence-corrected chi connectivity index (χ1v) is 7.23. The van der Waals surface area contributed by atoms with Crippen molar-refractivity contribution in [3.8, 4) is 0 Å². The van der Waals surface area contributed by atoms with Gasteiger partial charge in [0.05, 0.1) is 6.26 Å². The van der Waals surface area contributed by atoms with E-state index in [0.29, 0.717) is 6.42 Å². The van der Waals surface area contributed by atoms with Crippen molar-refractivity contribution in [1.29, 1.82) is 0 Å². The summed E-state index contributed by atoms with van der Waals surface area (Å²) in [5, 5.41) is 2.75. The topological polar surface area (TPSA) is 68.5 Å². The molecule has 118 valence electrons. The van der Waals surface area contributed by atoms with Crippen molar-refractivity contribution in [3.63, 3.8) is 0 Å². The van der Waals surface area contributed by atoms with Crippen LogP contribution in [0.1, 0.15) is 46.8 Å². The van der Waals surface area contributed by atoms with Gasteiger partial charge in [-0.25, -0.2) is 4.79 Å². The molecule has 0 fully saturated rings. The molecule has 1 rings (SSSR count). The molecule has 0 saturated carbocycles. The summed E-state index contributed by atoms with van der Waals surface area (Å²) in [7, 11) is 0. The molecule has 0 aliphatic rings. The smallest absolute Gasteiger partial charge is 0.329 e. The van der Waals surface area contributed by atoms with E-state index < -0.39 is 17.6 Å². The van der Waals surface area contributed by atoms with Gasteiger partial charge in [-0.05, 0) is 38.8 Å². The van der Waals surface area contributed by atoms with E-state index in [1.54, 1.807) is 33.1 Å². The van der Waals surface area contributed by atoms with E-state index in [1.807, 2.05) is 19.9 Å². The Kier molecular flexibility index (Phi) is 6.00. The molecule has 0 aliphatic heterocycles. The molecule has 0 unspecified atom stereocenters. The number of carbonyl (C=O) groups is 2. The molecule has 0 bridgehead atoms. The summed E-state index contributed by atoms with van der Waals surface area (Å²) >= 11 is 0. The van der Waals surface area contributed by atoms with Gasteiger partial charge in [0, 0.05) is 12.8 Å². The van der Waals surface area contributed by atoms with Gasteiger partial charge in [-0.3, -0.25) is 4.79 Å². The molecule has 1 atom stereocenters. The van der Waals surface area contributed by atoms with E-state index in [0.717, 1.165) is 5.76 Å².